The second-order valence-electron chi connectivity index (χ2n) is 1.63. The third-order valence-corrected chi connectivity index (χ3v) is 0.451. The Kier molecular flexibility index (Phi) is 8.35. The van der Waals surface area contributed by atoms with Crippen LogP contribution in [0.4, 0.5) is 0 Å². The molecule has 0 aliphatic rings. The van der Waals surface area contributed by atoms with Crippen LogP contribution in [0.15, 0.2) is 0 Å². The van der Waals surface area contributed by atoms with Crippen LogP contribution in [0, 0.1) is 0 Å². The molecule has 0 rings (SSSR count). The molecule has 0 amide bonds. The van der Waals surface area contributed by atoms with Gasteiger partial charge >= 0.3 is 43.7 Å². The monoisotopic (exact) mass is 145 g/mol. The van der Waals surface area contributed by atoms with Crippen molar-refractivity contribution in [1.29, 1.82) is 0 Å². The van der Waals surface area contributed by atoms with Gasteiger partial charge in [-0.3, -0.25) is 9.69 Å². The Labute approximate surface area is 81.6 Å². The molecule has 3 nitrogen and oxygen atoms in total. The van der Waals surface area contributed by atoms with Crippen molar-refractivity contribution in [3.05, 3.63) is 0 Å². The minimum Gasteiger partial charge on any atom is -1.00 e. The zero-order valence-electron chi connectivity index (χ0n) is 7.22. The molecule has 0 fully saturated rings. The van der Waals surface area contributed by atoms with Gasteiger partial charge in [-0.1, -0.05) is 0 Å². The summed E-state index contributed by atoms with van der Waals surface area (Å²) in [6.45, 7) is 0.111. The summed E-state index contributed by atoms with van der Waals surface area (Å²) < 4.78 is 0. The molecule has 0 atom stereocenters. The van der Waals surface area contributed by atoms with Crippen LogP contribution >= 0.6 is 0 Å². The molecule has 0 saturated heterocycles. The van der Waals surface area contributed by atoms with E-state index in [4.69, 9.17) is 5.11 Å². The van der Waals surface area contributed by atoms with Gasteiger partial charge in [0.1, 0.15) is 0 Å². The number of carbonyl (C=O) groups is 1. The smallest absolute Gasteiger partial charge is 1.00 e. The minimum absolute atomic E-state index is 0. The van der Waals surface area contributed by atoms with Crippen molar-refractivity contribution in [2.45, 2.75) is 0 Å². The predicted octanol–water partition coefficient (Wildman–Crippen LogP) is -0.523. The van der Waals surface area contributed by atoms with Crippen LogP contribution in [0.25, 0.3) is 0 Å². The fourth-order valence-electron chi connectivity index (χ4n) is 0.271. The topological polar surface area (TPSA) is 40.5 Å². The second-order valence-corrected chi connectivity index (χ2v) is 1.63. The molecule has 0 aliphatic carbocycles. The van der Waals surface area contributed by atoms with Crippen molar-refractivity contribution in [1.82, 2.24) is 4.90 Å². The fraction of sp³-hybridized carbons (Fsp3) is 0.750. The van der Waals surface area contributed by atoms with Crippen LogP contribution in [0.1, 0.15) is 2.85 Å². The maximum Gasteiger partial charge on any atom is 2.00 e. The van der Waals surface area contributed by atoms with E-state index in [-0.39, 0.29) is 47.1 Å². The molecule has 4 heteroatoms. The maximum atomic E-state index is 9.77. The first-order chi connectivity index (χ1) is 3.13. The summed E-state index contributed by atoms with van der Waals surface area (Å²) in [4.78, 5) is 11.4. The van der Waals surface area contributed by atoms with Gasteiger partial charge in [-0.25, -0.2) is 0 Å². The second kappa shape index (κ2) is 5.82. The molecule has 0 bridgehead atoms. The molecule has 0 saturated carbocycles. The molecule has 0 radical (unpaired) electrons. The number of hydrogen-bond donors (Lipinski definition) is 1. The molecule has 0 heterocycles. The third-order valence-electron chi connectivity index (χ3n) is 0.451. The van der Waals surface area contributed by atoms with Crippen LogP contribution in [0.5, 0.6) is 0 Å². The number of carboxylic acids is 1. The molecule has 46 valence electrons. The van der Waals surface area contributed by atoms with E-state index in [1.807, 2.05) is 0 Å². The molecular formula is C4H11CaNO2. The molecule has 0 aromatic heterocycles. The van der Waals surface area contributed by atoms with Crippen molar-refractivity contribution in [3.8, 4) is 0 Å². The predicted molar refractivity (Wildman–Crippen MR) is 34.2 cm³/mol. The van der Waals surface area contributed by atoms with E-state index in [2.05, 4.69) is 0 Å². The summed E-state index contributed by atoms with van der Waals surface area (Å²) in [7, 11) is 3.43. The standard InChI is InChI=1S/C4H9NO2.Ca.2H/c1-5(2)3-4(6)7;;;/h3H2,1-2H3,(H,6,7);;;/q;+2;2*-1. The summed E-state index contributed by atoms with van der Waals surface area (Å²) >= 11 is 0. The quantitative estimate of drug-likeness (QED) is 0.531. The van der Waals surface area contributed by atoms with E-state index in [1.165, 1.54) is 0 Å². The Morgan fingerprint density at radius 2 is 2.12 bits per heavy atom. The number of hydrogen-bond acceptors (Lipinski definition) is 2. The van der Waals surface area contributed by atoms with Gasteiger partial charge in [0, 0.05) is 0 Å². The van der Waals surface area contributed by atoms with Crippen molar-refractivity contribution in [2.24, 2.45) is 0 Å². The van der Waals surface area contributed by atoms with Gasteiger partial charge in [0.25, 0.3) is 0 Å². The van der Waals surface area contributed by atoms with Crippen LogP contribution in [-0.2, 0) is 4.79 Å². The summed E-state index contributed by atoms with van der Waals surface area (Å²) in [5, 5.41) is 8.04. The number of likely N-dealkylation sites (N-methyl/N-ethyl adjacent to an activating group) is 1. The van der Waals surface area contributed by atoms with Crippen molar-refractivity contribution in [2.75, 3.05) is 20.6 Å². The van der Waals surface area contributed by atoms with E-state index < -0.39 is 5.97 Å². The van der Waals surface area contributed by atoms with Gasteiger partial charge in [0.15, 0.2) is 0 Å². The van der Waals surface area contributed by atoms with E-state index in [9.17, 15) is 4.79 Å². The van der Waals surface area contributed by atoms with Gasteiger partial charge in [-0.2, -0.15) is 0 Å². The molecule has 8 heavy (non-hydrogen) atoms. The Morgan fingerprint density at radius 1 is 1.75 bits per heavy atom. The molecule has 0 aliphatic heterocycles. The number of carboxylic acid groups (broad SMARTS) is 1. The zero-order chi connectivity index (χ0) is 5.86. The summed E-state index contributed by atoms with van der Waals surface area (Å²) in [5.41, 5.74) is 0. The van der Waals surface area contributed by atoms with Gasteiger partial charge in [-0.15, -0.1) is 0 Å². The Morgan fingerprint density at radius 3 is 2.12 bits per heavy atom. The van der Waals surface area contributed by atoms with Crippen molar-refractivity contribution >= 4 is 43.7 Å². The van der Waals surface area contributed by atoms with E-state index >= 15 is 0 Å². The van der Waals surface area contributed by atoms with E-state index in [0.717, 1.165) is 0 Å². The largest absolute Gasteiger partial charge is 2.00 e. The number of nitrogens with zero attached hydrogens (tertiary/aromatic N) is 1. The molecule has 1 N–H and O–H groups in total. The van der Waals surface area contributed by atoms with Gasteiger partial charge < -0.3 is 7.96 Å². The first kappa shape index (κ1) is 11.5. The molecule has 0 spiro atoms. The number of aliphatic carboxylic acids is 1. The third kappa shape index (κ3) is 9.85. The maximum absolute atomic E-state index is 9.77. The Balaban J connectivity index is -0.0000000600. The molecule has 0 aromatic rings. The van der Waals surface area contributed by atoms with Crippen LogP contribution < -0.4 is 0 Å². The summed E-state index contributed by atoms with van der Waals surface area (Å²) in [5.74, 6) is -0.787. The first-order valence-electron chi connectivity index (χ1n) is 1.99. The molecular weight excluding hydrogens is 134 g/mol. The average molecular weight is 145 g/mol. The van der Waals surface area contributed by atoms with Crippen LogP contribution in [0.3, 0.4) is 0 Å². The van der Waals surface area contributed by atoms with Gasteiger partial charge in [0.05, 0.1) is 6.54 Å². The molecule has 0 aromatic carbocycles. The Bertz CT molecular complexity index is 81.7. The van der Waals surface area contributed by atoms with Crippen LogP contribution in [0.2, 0.25) is 0 Å². The Hall–Kier alpha value is 0.690. The zero-order valence-corrected chi connectivity index (χ0v) is 7.43. The SMILES string of the molecule is CN(C)CC(=O)O.[Ca+2].[H-].[H-]. The van der Waals surface area contributed by atoms with Crippen LogP contribution in [-0.4, -0.2) is 74.4 Å². The van der Waals surface area contributed by atoms with Gasteiger partial charge in [0.2, 0.25) is 0 Å². The van der Waals surface area contributed by atoms with E-state index in [1.54, 1.807) is 19.0 Å². The fourth-order valence-corrected chi connectivity index (χ4v) is 0.271. The van der Waals surface area contributed by atoms with Crippen molar-refractivity contribution < 1.29 is 12.8 Å². The summed E-state index contributed by atoms with van der Waals surface area (Å²) in [6.07, 6.45) is 0. The average Bonchev–Trinajstić information content (AvgIpc) is 1.27. The van der Waals surface area contributed by atoms with Crippen molar-refractivity contribution in [3.63, 3.8) is 0 Å². The minimum atomic E-state index is -0.787. The normalized spacial score (nSPS) is 8.38. The summed E-state index contributed by atoms with van der Waals surface area (Å²) in [6, 6.07) is 0. The first-order valence-corrected chi connectivity index (χ1v) is 1.99. The van der Waals surface area contributed by atoms with E-state index in [0.29, 0.717) is 0 Å². The van der Waals surface area contributed by atoms with Gasteiger partial charge in [-0.05, 0) is 14.1 Å². The molecule has 0 unspecified atom stereocenters. The number of rotatable bonds is 2.